The van der Waals surface area contributed by atoms with Crippen LogP contribution in [-0.2, 0) is 11.2 Å². The van der Waals surface area contributed by atoms with Crippen LogP contribution < -0.4 is 5.32 Å². The quantitative estimate of drug-likeness (QED) is 0.610. The van der Waals surface area contributed by atoms with Gasteiger partial charge >= 0.3 is 0 Å². The van der Waals surface area contributed by atoms with E-state index >= 15 is 0 Å². The molecular formula is C20H19NOS2. The van der Waals surface area contributed by atoms with Gasteiger partial charge in [0.15, 0.2) is 0 Å². The molecule has 0 bridgehead atoms. The number of nitrogens with one attached hydrogen (secondary N) is 1. The van der Waals surface area contributed by atoms with E-state index in [1.54, 1.807) is 23.1 Å². The highest BCUT2D eigenvalue weighted by Crippen LogP contribution is 2.35. The molecule has 4 heteroatoms. The molecule has 1 aromatic heterocycles. The van der Waals surface area contributed by atoms with E-state index in [1.807, 2.05) is 66.7 Å². The summed E-state index contributed by atoms with van der Waals surface area (Å²) in [6.45, 7) is 0.665. The Hall–Kier alpha value is -2.04. The van der Waals surface area contributed by atoms with Gasteiger partial charge in [-0.3, -0.25) is 4.79 Å². The van der Waals surface area contributed by atoms with Gasteiger partial charge in [0.2, 0.25) is 5.91 Å². The first kappa shape index (κ1) is 16.8. The first-order valence-electron chi connectivity index (χ1n) is 7.89. The van der Waals surface area contributed by atoms with Crippen molar-refractivity contribution in [1.82, 2.24) is 5.32 Å². The zero-order valence-corrected chi connectivity index (χ0v) is 14.9. The molecule has 122 valence electrons. The smallest absolute Gasteiger partial charge is 0.238 e. The van der Waals surface area contributed by atoms with Crippen molar-refractivity contribution < 1.29 is 4.79 Å². The zero-order valence-electron chi connectivity index (χ0n) is 13.2. The van der Waals surface area contributed by atoms with Crippen LogP contribution in [0.1, 0.15) is 15.7 Å². The molecule has 0 radical (unpaired) electrons. The molecule has 0 aliphatic carbocycles. The van der Waals surface area contributed by atoms with Gasteiger partial charge in [-0.05, 0) is 35.6 Å². The Morgan fingerprint density at radius 3 is 2.33 bits per heavy atom. The highest BCUT2D eigenvalue weighted by atomic mass is 32.2. The Kier molecular flexibility index (Phi) is 6.10. The SMILES string of the molecule is O=C(NCCc1cccs1)C(Sc1ccccc1)c1ccccc1. The third-order valence-corrected chi connectivity index (χ3v) is 5.79. The van der Waals surface area contributed by atoms with E-state index in [0.717, 1.165) is 16.9 Å². The molecule has 24 heavy (non-hydrogen) atoms. The lowest BCUT2D eigenvalue weighted by atomic mass is 10.1. The number of benzene rings is 2. The van der Waals surface area contributed by atoms with Crippen LogP contribution in [-0.4, -0.2) is 12.5 Å². The summed E-state index contributed by atoms with van der Waals surface area (Å²) in [6, 6.07) is 24.2. The number of hydrogen-bond acceptors (Lipinski definition) is 3. The Morgan fingerprint density at radius 2 is 1.67 bits per heavy atom. The van der Waals surface area contributed by atoms with Gasteiger partial charge in [-0.1, -0.05) is 54.6 Å². The molecule has 0 spiro atoms. The van der Waals surface area contributed by atoms with Crippen molar-refractivity contribution in [3.8, 4) is 0 Å². The lowest BCUT2D eigenvalue weighted by Crippen LogP contribution is -2.29. The summed E-state index contributed by atoms with van der Waals surface area (Å²) < 4.78 is 0. The Labute approximate surface area is 150 Å². The van der Waals surface area contributed by atoms with Crippen LogP contribution in [0.2, 0.25) is 0 Å². The molecule has 2 aromatic carbocycles. The highest BCUT2D eigenvalue weighted by Gasteiger charge is 2.21. The number of hydrogen-bond donors (Lipinski definition) is 1. The van der Waals surface area contributed by atoms with Crippen LogP contribution in [0, 0.1) is 0 Å². The zero-order chi connectivity index (χ0) is 16.6. The lowest BCUT2D eigenvalue weighted by molar-refractivity contribution is -0.120. The van der Waals surface area contributed by atoms with Crippen molar-refractivity contribution >= 4 is 29.0 Å². The van der Waals surface area contributed by atoms with Crippen LogP contribution in [0.3, 0.4) is 0 Å². The van der Waals surface area contributed by atoms with E-state index in [4.69, 9.17) is 0 Å². The number of rotatable bonds is 7. The molecule has 1 atom stereocenters. The van der Waals surface area contributed by atoms with Gasteiger partial charge in [0.25, 0.3) is 0 Å². The molecule has 1 amide bonds. The number of thioether (sulfide) groups is 1. The van der Waals surface area contributed by atoms with Crippen molar-refractivity contribution in [1.29, 1.82) is 0 Å². The van der Waals surface area contributed by atoms with E-state index < -0.39 is 0 Å². The van der Waals surface area contributed by atoms with Crippen molar-refractivity contribution in [2.24, 2.45) is 0 Å². The second-order valence-electron chi connectivity index (χ2n) is 5.34. The molecule has 1 unspecified atom stereocenters. The number of carbonyl (C=O) groups is 1. The van der Waals surface area contributed by atoms with Crippen molar-refractivity contribution in [2.75, 3.05) is 6.54 Å². The Morgan fingerprint density at radius 1 is 0.958 bits per heavy atom. The maximum atomic E-state index is 12.7. The van der Waals surface area contributed by atoms with E-state index in [0.29, 0.717) is 6.54 Å². The fraction of sp³-hybridized carbons (Fsp3) is 0.150. The van der Waals surface area contributed by atoms with Crippen LogP contribution in [0.4, 0.5) is 0 Å². The summed E-state index contributed by atoms with van der Waals surface area (Å²) in [5.41, 5.74) is 1.03. The molecule has 0 aliphatic heterocycles. The number of carbonyl (C=O) groups excluding carboxylic acids is 1. The summed E-state index contributed by atoms with van der Waals surface area (Å²) in [6.07, 6.45) is 0.876. The largest absolute Gasteiger partial charge is 0.354 e. The van der Waals surface area contributed by atoms with E-state index in [-0.39, 0.29) is 11.2 Å². The third kappa shape index (κ3) is 4.73. The normalized spacial score (nSPS) is 11.8. The topological polar surface area (TPSA) is 29.1 Å². The first-order valence-corrected chi connectivity index (χ1v) is 9.65. The number of thiophene rings is 1. The van der Waals surface area contributed by atoms with Crippen LogP contribution in [0.5, 0.6) is 0 Å². The minimum atomic E-state index is -0.239. The molecule has 3 rings (SSSR count). The summed E-state index contributed by atoms with van der Waals surface area (Å²) in [4.78, 5) is 15.1. The lowest BCUT2D eigenvalue weighted by Gasteiger charge is -2.17. The minimum Gasteiger partial charge on any atom is -0.354 e. The van der Waals surface area contributed by atoms with Gasteiger partial charge in [0.1, 0.15) is 5.25 Å². The fourth-order valence-corrected chi connectivity index (χ4v) is 4.17. The second kappa shape index (κ2) is 8.71. The average Bonchev–Trinajstić information content (AvgIpc) is 3.15. The van der Waals surface area contributed by atoms with Gasteiger partial charge in [0.05, 0.1) is 0 Å². The predicted octanol–water partition coefficient (Wildman–Crippen LogP) is 4.94. The minimum absolute atomic E-state index is 0.0617. The van der Waals surface area contributed by atoms with E-state index in [2.05, 4.69) is 16.8 Å². The van der Waals surface area contributed by atoms with Crippen molar-refractivity contribution in [3.63, 3.8) is 0 Å². The standard InChI is InChI=1S/C20H19NOS2/c22-20(21-14-13-17-12-7-15-23-17)19(16-8-3-1-4-9-16)24-18-10-5-2-6-11-18/h1-12,15,19H,13-14H2,(H,21,22). The van der Waals surface area contributed by atoms with Gasteiger partial charge in [0, 0.05) is 16.3 Å². The Balaban J connectivity index is 1.68. The first-order chi connectivity index (χ1) is 11.8. The van der Waals surface area contributed by atoms with Gasteiger partial charge in [-0.2, -0.15) is 0 Å². The molecule has 0 saturated carbocycles. The Bertz CT molecular complexity index is 742. The molecule has 0 aliphatic rings. The third-order valence-electron chi connectivity index (χ3n) is 3.59. The van der Waals surface area contributed by atoms with Gasteiger partial charge in [-0.25, -0.2) is 0 Å². The summed E-state index contributed by atoms with van der Waals surface area (Å²) >= 11 is 3.31. The number of amides is 1. The predicted molar refractivity (Wildman–Crippen MR) is 103 cm³/mol. The van der Waals surface area contributed by atoms with Gasteiger partial charge in [-0.15, -0.1) is 23.1 Å². The molecule has 2 nitrogen and oxygen atoms in total. The molecular weight excluding hydrogens is 334 g/mol. The monoisotopic (exact) mass is 353 g/mol. The second-order valence-corrected chi connectivity index (χ2v) is 7.55. The summed E-state index contributed by atoms with van der Waals surface area (Å²) in [7, 11) is 0. The van der Waals surface area contributed by atoms with Crippen molar-refractivity contribution in [3.05, 3.63) is 88.6 Å². The molecule has 3 aromatic rings. The molecule has 0 saturated heterocycles. The van der Waals surface area contributed by atoms with Gasteiger partial charge < -0.3 is 5.32 Å². The van der Waals surface area contributed by atoms with Crippen LogP contribution in [0.25, 0.3) is 0 Å². The maximum Gasteiger partial charge on any atom is 0.238 e. The molecule has 1 N–H and O–H groups in total. The van der Waals surface area contributed by atoms with Crippen LogP contribution in [0.15, 0.2) is 83.1 Å². The highest BCUT2D eigenvalue weighted by molar-refractivity contribution is 8.00. The fourth-order valence-electron chi connectivity index (χ4n) is 2.39. The molecule has 1 heterocycles. The van der Waals surface area contributed by atoms with E-state index in [9.17, 15) is 4.79 Å². The molecule has 0 fully saturated rings. The summed E-state index contributed by atoms with van der Waals surface area (Å²) in [5.74, 6) is 0.0617. The van der Waals surface area contributed by atoms with Crippen LogP contribution >= 0.6 is 23.1 Å². The van der Waals surface area contributed by atoms with Crippen molar-refractivity contribution in [2.45, 2.75) is 16.6 Å². The average molecular weight is 354 g/mol. The van der Waals surface area contributed by atoms with E-state index in [1.165, 1.54) is 4.88 Å². The summed E-state index contributed by atoms with van der Waals surface area (Å²) in [5, 5.41) is 4.91. The maximum absolute atomic E-state index is 12.7.